The predicted molar refractivity (Wildman–Crippen MR) is 147 cm³/mol. The molecule has 1 aliphatic rings. The maximum Gasteiger partial charge on any atom is 0.305 e. The minimum absolute atomic E-state index is 0.0215. The van der Waals surface area contributed by atoms with E-state index in [1.807, 2.05) is 37.3 Å². The number of aromatic nitrogens is 1. The lowest BCUT2D eigenvalue weighted by Crippen LogP contribution is -2.25. The molecule has 202 valence electrons. The van der Waals surface area contributed by atoms with Crippen LogP contribution in [-0.4, -0.2) is 44.0 Å². The first-order chi connectivity index (χ1) is 18.4. The summed E-state index contributed by atoms with van der Waals surface area (Å²) in [5.41, 5.74) is 7.36. The average molecular weight is 519 g/mol. The number of nitrogens with one attached hydrogen (secondary N) is 1. The van der Waals surface area contributed by atoms with Crippen LogP contribution >= 0.6 is 0 Å². The Balaban J connectivity index is 1.46. The number of carboxylic acids is 1. The highest BCUT2D eigenvalue weighted by Gasteiger charge is 2.28. The van der Waals surface area contributed by atoms with Crippen LogP contribution in [0, 0.1) is 0 Å². The number of aliphatic hydroxyl groups is 2. The van der Waals surface area contributed by atoms with Crippen LogP contribution in [0.1, 0.15) is 71.9 Å². The zero-order valence-corrected chi connectivity index (χ0v) is 22.0. The zero-order valence-electron chi connectivity index (χ0n) is 22.0. The Morgan fingerprint density at radius 3 is 2.32 bits per heavy atom. The number of aliphatic carboxylic acids is 1. The minimum atomic E-state index is -1.08. The fourth-order valence-corrected chi connectivity index (χ4v) is 5.55. The molecule has 3 aromatic rings. The van der Waals surface area contributed by atoms with Crippen molar-refractivity contribution in [3.63, 3.8) is 0 Å². The number of benzene rings is 2. The van der Waals surface area contributed by atoms with Gasteiger partial charge < -0.3 is 25.2 Å². The van der Waals surface area contributed by atoms with Crippen molar-refractivity contribution in [2.75, 3.05) is 0 Å². The molecule has 0 radical (unpaired) electrons. The highest BCUT2D eigenvalue weighted by molar-refractivity contribution is 5.97. The number of nitrogens with zero attached hydrogens (tertiary/aromatic N) is 1. The van der Waals surface area contributed by atoms with E-state index in [0.29, 0.717) is 25.9 Å². The van der Waals surface area contributed by atoms with Crippen molar-refractivity contribution >= 4 is 11.9 Å². The number of hydrogen-bond acceptors (Lipinski definition) is 4. The van der Waals surface area contributed by atoms with Gasteiger partial charge in [-0.15, -0.1) is 0 Å². The van der Waals surface area contributed by atoms with E-state index >= 15 is 0 Å². The van der Waals surface area contributed by atoms with Crippen LogP contribution in [0.25, 0.3) is 11.1 Å². The first-order valence-corrected chi connectivity index (χ1v) is 13.6. The van der Waals surface area contributed by atoms with E-state index in [0.717, 1.165) is 59.2 Å². The van der Waals surface area contributed by atoms with Crippen molar-refractivity contribution < 1.29 is 24.9 Å². The number of aliphatic hydroxyl groups excluding tert-OH is 2. The van der Waals surface area contributed by atoms with Crippen LogP contribution in [0.3, 0.4) is 0 Å². The van der Waals surface area contributed by atoms with Crippen molar-refractivity contribution in [3.8, 4) is 11.1 Å². The minimum Gasteiger partial charge on any atom is -0.481 e. The molecule has 4 N–H and O–H groups in total. The highest BCUT2D eigenvalue weighted by atomic mass is 16.4. The molecule has 0 unspecified atom stereocenters. The van der Waals surface area contributed by atoms with Gasteiger partial charge in [-0.2, -0.15) is 0 Å². The lowest BCUT2D eigenvalue weighted by Gasteiger charge is -2.19. The topological polar surface area (TPSA) is 112 Å². The number of carbonyl (C=O) groups excluding carboxylic acids is 1. The molecule has 38 heavy (non-hydrogen) atoms. The Hall–Kier alpha value is -3.42. The Bertz CT molecular complexity index is 1230. The van der Waals surface area contributed by atoms with Gasteiger partial charge in [-0.25, -0.2) is 0 Å². The quantitative estimate of drug-likeness (QED) is 0.282. The number of amides is 1. The van der Waals surface area contributed by atoms with Crippen molar-refractivity contribution in [1.29, 1.82) is 0 Å². The molecule has 2 atom stereocenters. The number of hydrogen-bond donors (Lipinski definition) is 4. The molecule has 0 spiro atoms. The number of fused-ring (bicyclic) bond motifs is 1. The Kier molecular flexibility index (Phi) is 9.37. The second-order valence-corrected chi connectivity index (χ2v) is 10.1. The van der Waals surface area contributed by atoms with Crippen LogP contribution in [0.4, 0.5) is 0 Å². The summed E-state index contributed by atoms with van der Waals surface area (Å²) < 4.78 is 2.19. The standard InChI is InChI=1S/C31H38N2O5/c1-2-27-30(31(38)32-20-21-12-14-23(15-13-21)22-8-4-3-5-9-22)26-10-6-7-11-28(26)33(27)17-16-24(34)18-25(35)19-29(36)37/h3-5,8-9,12-15,24-25,34-35H,2,6-7,10-11,16-20H2,1H3,(H,32,38)(H,36,37)/t24-,25-/m1/s1. The lowest BCUT2D eigenvalue weighted by atomic mass is 9.93. The van der Waals surface area contributed by atoms with E-state index in [2.05, 4.69) is 34.1 Å². The molecular formula is C31H38N2O5. The molecule has 7 heteroatoms. The fraction of sp³-hybridized carbons (Fsp3) is 0.419. The Labute approximate surface area is 224 Å². The molecular weight excluding hydrogens is 480 g/mol. The normalized spacial score (nSPS) is 14.5. The summed E-state index contributed by atoms with van der Waals surface area (Å²) in [5, 5.41) is 32.3. The van der Waals surface area contributed by atoms with Gasteiger partial charge in [-0.05, 0) is 67.2 Å². The number of carboxylic acid groups (broad SMARTS) is 1. The Morgan fingerprint density at radius 1 is 0.947 bits per heavy atom. The lowest BCUT2D eigenvalue weighted by molar-refractivity contribution is -0.139. The maximum absolute atomic E-state index is 13.5. The summed E-state index contributed by atoms with van der Waals surface area (Å²) in [4.78, 5) is 24.3. The molecule has 1 aromatic heterocycles. The van der Waals surface area contributed by atoms with Crippen LogP contribution in [0.2, 0.25) is 0 Å². The molecule has 7 nitrogen and oxygen atoms in total. The van der Waals surface area contributed by atoms with Gasteiger partial charge >= 0.3 is 5.97 Å². The maximum atomic E-state index is 13.5. The summed E-state index contributed by atoms with van der Waals surface area (Å²) in [5.74, 6) is -1.15. The van der Waals surface area contributed by atoms with Crippen LogP contribution in [0.5, 0.6) is 0 Å². The van der Waals surface area contributed by atoms with E-state index in [-0.39, 0.29) is 18.7 Å². The molecule has 4 rings (SSSR count). The second kappa shape index (κ2) is 12.9. The summed E-state index contributed by atoms with van der Waals surface area (Å²) in [6, 6.07) is 18.4. The number of rotatable bonds is 12. The van der Waals surface area contributed by atoms with Gasteiger partial charge in [0.05, 0.1) is 24.2 Å². The first-order valence-electron chi connectivity index (χ1n) is 13.6. The number of carbonyl (C=O) groups is 2. The smallest absolute Gasteiger partial charge is 0.305 e. The van der Waals surface area contributed by atoms with Crippen molar-refractivity contribution in [3.05, 3.63) is 82.7 Å². The SMILES string of the molecule is CCc1c(C(=O)NCc2ccc(-c3ccccc3)cc2)c2c(n1CC[C@@H](O)C[C@@H](O)CC(=O)O)CCCC2. The fourth-order valence-electron chi connectivity index (χ4n) is 5.55. The molecule has 0 aliphatic heterocycles. The molecule has 2 aromatic carbocycles. The van der Waals surface area contributed by atoms with Crippen molar-refractivity contribution in [2.24, 2.45) is 0 Å². The molecule has 1 amide bonds. The van der Waals surface area contributed by atoms with Crippen molar-refractivity contribution in [2.45, 2.75) is 83.6 Å². The van der Waals surface area contributed by atoms with Gasteiger partial charge in [0, 0.05) is 24.5 Å². The van der Waals surface area contributed by atoms with Gasteiger partial charge in [-0.3, -0.25) is 9.59 Å². The average Bonchev–Trinajstić information content (AvgIpc) is 3.24. The second-order valence-electron chi connectivity index (χ2n) is 10.1. The molecule has 0 saturated carbocycles. The summed E-state index contributed by atoms with van der Waals surface area (Å²) in [6.45, 7) is 3.02. The van der Waals surface area contributed by atoms with Gasteiger partial charge in [-0.1, -0.05) is 61.5 Å². The molecule has 0 saturated heterocycles. The third kappa shape index (κ3) is 6.71. The molecule has 1 aliphatic carbocycles. The first kappa shape index (κ1) is 27.6. The van der Waals surface area contributed by atoms with E-state index in [1.165, 1.54) is 5.69 Å². The molecule has 0 fully saturated rings. The van der Waals surface area contributed by atoms with E-state index in [4.69, 9.17) is 5.11 Å². The summed E-state index contributed by atoms with van der Waals surface area (Å²) in [6.07, 6.45) is 2.71. The van der Waals surface area contributed by atoms with Crippen molar-refractivity contribution in [1.82, 2.24) is 9.88 Å². The summed E-state index contributed by atoms with van der Waals surface area (Å²) >= 11 is 0. The van der Waals surface area contributed by atoms with E-state index in [9.17, 15) is 19.8 Å². The van der Waals surface area contributed by atoms with Gasteiger partial charge in [0.25, 0.3) is 5.91 Å². The monoisotopic (exact) mass is 518 g/mol. The Morgan fingerprint density at radius 2 is 1.63 bits per heavy atom. The largest absolute Gasteiger partial charge is 0.481 e. The van der Waals surface area contributed by atoms with Gasteiger partial charge in [0.1, 0.15) is 0 Å². The molecule has 0 bridgehead atoms. The van der Waals surface area contributed by atoms with Gasteiger partial charge in [0.2, 0.25) is 0 Å². The molecule has 1 heterocycles. The van der Waals surface area contributed by atoms with E-state index < -0.39 is 18.2 Å². The third-order valence-electron chi connectivity index (χ3n) is 7.40. The van der Waals surface area contributed by atoms with Crippen LogP contribution in [-0.2, 0) is 37.1 Å². The zero-order chi connectivity index (χ0) is 27.1. The van der Waals surface area contributed by atoms with Gasteiger partial charge in [0.15, 0.2) is 0 Å². The van der Waals surface area contributed by atoms with Crippen LogP contribution < -0.4 is 5.32 Å². The van der Waals surface area contributed by atoms with Crippen LogP contribution in [0.15, 0.2) is 54.6 Å². The summed E-state index contributed by atoms with van der Waals surface area (Å²) in [7, 11) is 0. The van der Waals surface area contributed by atoms with E-state index in [1.54, 1.807) is 0 Å². The predicted octanol–water partition coefficient (Wildman–Crippen LogP) is 4.50. The third-order valence-corrected chi connectivity index (χ3v) is 7.40. The highest BCUT2D eigenvalue weighted by Crippen LogP contribution is 2.31.